The number of hydrogen-bond donors (Lipinski definition) is 1. The van der Waals surface area contributed by atoms with Crippen LogP contribution in [0.15, 0.2) is 40.3 Å². The Morgan fingerprint density at radius 3 is 2.55 bits per heavy atom. The molecule has 164 valence electrons. The quantitative estimate of drug-likeness (QED) is 0.626. The molecular weight excluding hydrogens is 443 g/mol. The fourth-order valence-corrected chi connectivity index (χ4v) is 6.84. The van der Waals surface area contributed by atoms with E-state index < -0.39 is 27.3 Å². The maximum atomic E-state index is 13.3. The van der Waals surface area contributed by atoms with E-state index in [1.165, 1.54) is 34.9 Å². The van der Waals surface area contributed by atoms with E-state index in [0.717, 1.165) is 35.2 Å². The Balaban J connectivity index is 1.68. The molecular formula is C20H21FN4O4S2. The summed E-state index contributed by atoms with van der Waals surface area (Å²) in [5, 5.41) is 2.60. The number of aromatic nitrogens is 2. The van der Waals surface area contributed by atoms with E-state index in [-0.39, 0.29) is 16.8 Å². The number of fused-ring (bicyclic) bond motifs is 1. The molecule has 1 aliphatic heterocycles. The lowest BCUT2D eigenvalue weighted by atomic mass is 10.2. The van der Waals surface area contributed by atoms with Gasteiger partial charge in [-0.2, -0.15) is 4.31 Å². The van der Waals surface area contributed by atoms with Gasteiger partial charge in [0.05, 0.1) is 11.7 Å². The van der Waals surface area contributed by atoms with Gasteiger partial charge in [0.15, 0.2) is 0 Å². The third-order valence-corrected chi connectivity index (χ3v) is 8.37. The van der Waals surface area contributed by atoms with Gasteiger partial charge in [0.2, 0.25) is 15.9 Å². The monoisotopic (exact) mass is 464 g/mol. The zero-order valence-electron chi connectivity index (χ0n) is 16.8. The van der Waals surface area contributed by atoms with Crippen LogP contribution in [0.5, 0.6) is 0 Å². The van der Waals surface area contributed by atoms with Crippen molar-refractivity contribution in [3.05, 3.63) is 51.6 Å². The molecule has 1 aromatic carbocycles. The predicted octanol–water partition coefficient (Wildman–Crippen LogP) is 2.72. The van der Waals surface area contributed by atoms with Crippen LogP contribution in [0.25, 0.3) is 10.2 Å². The van der Waals surface area contributed by atoms with Crippen molar-refractivity contribution in [3.63, 3.8) is 0 Å². The summed E-state index contributed by atoms with van der Waals surface area (Å²) in [4.78, 5) is 30.5. The molecule has 0 aliphatic carbocycles. The van der Waals surface area contributed by atoms with E-state index in [9.17, 15) is 22.4 Å². The maximum absolute atomic E-state index is 13.3. The molecule has 11 heteroatoms. The summed E-state index contributed by atoms with van der Waals surface area (Å²) in [5.74, 6) is -0.943. The number of aryl methyl sites for hydroxylation is 1. The minimum absolute atomic E-state index is 0.0137. The van der Waals surface area contributed by atoms with Crippen molar-refractivity contribution in [2.24, 2.45) is 0 Å². The number of hydrogen-bond acceptors (Lipinski definition) is 6. The molecule has 2 aromatic heterocycles. The summed E-state index contributed by atoms with van der Waals surface area (Å²) in [6.45, 7) is 2.16. The highest BCUT2D eigenvalue weighted by molar-refractivity contribution is 7.89. The third kappa shape index (κ3) is 4.25. The summed E-state index contributed by atoms with van der Waals surface area (Å²) < 4.78 is 42.1. The molecule has 0 saturated carbocycles. The number of carbonyl (C=O) groups excluding carboxylic acids is 1. The Hall–Kier alpha value is -2.63. The fraction of sp³-hybridized carbons (Fsp3) is 0.350. The van der Waals surface area contributed by atoms with Crippen molar-refractivity contribution in [1.82, 2.24) is 13.9 Å². The first-order valence-electron chi connectivity index (χ1n) is 9.81. The number of sulfonamides is 1. The Bertz CT molecular complexity index is 1290. The second-order valence-electron chi connectivity index (χ2n) is 7.36. The number of benzene rings is 1. The fourth-order valence-electron chi connectivity index (χ4n) is 3.66. The standard InChI is InChI=1S/C20H21FN4O4S2/c1-13-18(31(28,29)25-9-3-2-4-10-25)17-19(30-13)22-12-24(20(17)27)11-16(26)23-15-7-5-14(21)6-8-15/h5-8,12H,2-4,9-11H2,1H3,(H,23,26). The van der Waals surface area contributed by atoms with Gasteiger partial charge in [-0.1, -0.05) is 6.42 Å². The molecule has 0 radical (unpaired) electrons. The number of rotatable bonds is 5. The Morgan fingerprint density at radius 2 is 1.87 bits per heavy atom. The molecule has 0 unspecified atom stereocenters. The van der Waals surface area contributed by atoms with Gasteiger partial charge >= 0.3 is 0 Å². The van der Waals surface area contributed by atoms with Crippen molar-refractivity contribution >= 4 is 43.2 Å². The summed E-state index contributed by atoms with van der Waals surface area (Å²) in [6.07, 6.45) is 3.79. The van der Waals surface area contributed by atoms with Crippen molar-refractivity contribution in [3.8, 4) is 0 Å². The normalized spacial score (nSPS) is 15.3. The number of amides is 1. The zero-order chi connectivity index (χ0) is 22.2. The van der Waals surface area contributed by atoms with Crippen LogP contribution >= 0.6 is 11.3 Å². The molecule has 3 aromatic rings. The first kappa shape index (κ1) is 21.6. The number of nitrogens with one attached hydrogen (secondary N) is 1. The summed E-state index contributed by atoms with van der Waals surface area (Å²) in [7, 11) is -3.84. The van der Waals surface area contributed by atoms with Gasteiger partial charge in [0.1, 0.15) is 22.1 Å². The highest BCUT2D eigenvalue weighted by Gasteiger charge is 2.32. The highest BCUT2D eigenvalue weighted by Crippen LogP contribution is 2.33. The summed E-state index contributed by atoms with van der Waals surface area (Å²) >= 11 is 1.15. The van der Waals surface area contributed by atoms with E-state index >= 15 is 0 Å². The molecule has 0 bridgehead atoms. The molecule has 1 fully saturated rings. The van der Waals surface area contributed by atoms with Gasteiger partial charge in [-0.3, -0.25) is 14.2 Å². The van der Waals surface area contributed by atoms with Gasteiger partial charge in [-0.25, -0.2) is 17.8 Å². The van der Waals surface area contributed by atoms with Crippen molar-refractivity contribution in [2.45, 2.75) is 37.6 Å². The Morgan fingerprint density at radius 1 is 1.19 bits per heavy atom. The molecule has 8 nitrogen and oxygen atoms in total. The van der Waals surface area contributed by atoms with Crippen LogP contribution in [0.3, 0.4) is 0 Å². The van der Waals surface area contributed by atoms with E-state index in [1.54, 1.807) is 6.92 Å². The lowest BCUT2D eigenvalue weighted by Gasteiger charge is -2.25. The number of halogens is 1. The first-order chi connectivity index (χ1) is 14.8. The van der Waals surface area contributed by atoms with Crippen LogP contribution < -0.4 is 10.9 Å². The average molecular weight is 465 g/mol. The minimum atomic E-state index is -3.84. The van der Waals surface area contributed by atoms with Crippen molar-refractivity contribution in [2.75, 3.05) is 18.4 Å². The van der Waals surface area contributed by atoms with E-state index in [1.807, 2.05) is 0 Å². The number of nitrogens with zero attached hydrogens (tertiary/aromatic N) is 3. The lowest BCUT2D eigenvalue weighted by Crippen LogP contribution is -2.36. The first-order valence-corrected chi connectivity index (χ1v) is 12.1. The van der Waals surface area contributed by atoms with Crippen LogP contribution in [0.4, 0.5) is 10.1 Å². The molecule has 31 heavy (non-hydrogen) atoms. The predicted molar refractivity (Wildman–Crippen MR) is 116 cm³/mol. The van der Waals surface area contributed by atoms with Crippen molar-refractivity contribution in [1.29, 1.82) is 0 Å². The zero-order valence-corrected chi connectivity index (χ0v) is 18.4. The molecule has 4 rings (SSSR count). The van der Waals surface area contributed by atoms with Crippen LogP contribution in [0.1, 0.15) is 24.1 Å². The second-order valence-corrected chi connectivity index (χ2v) is 10.4. The van der Waals surface area contributed by atoms with Gasteiger partial charge in [-0.15, -0.1) is 11.3 Å². The summed E-state index contributed by atoms with van der Waals surface area (Å²) in [6, 6.07) is 5.23. The van der Waals surface area contributed by atoms with Gasteiger partial charge in [0, 0.05) is 23.7 Å². The van der Waals surface area contributed by atoms with Gasteiger partial charge in [-0.05, 0) is 44.0 Å². The molecule has 0 atom stereocenters. The Kier molecular flexibility index (Phi) is 5.91. The van der Waals surface area contributed by atoms with Gasteiger partial charge < -0.3 is 5.32 Å². The van der Waals surface area contributed by atoms with Crippen molar-refractivity contribution < 1.29 is 17.6 Å². The molecule has 1 aliphatic rings. The number of carbonyl (C=O) groups is 1. The van der Waals surface area contributed by atoms with Crippen LogP contribution in [0, 0.1) is 12.7 Å². The van der Waals surface area contributed by atoms with E-state index in [0.29, 0.717) is 28.5 Å². The van der Waals surface area contributed by atoms with Crippen LogP contribution in [-0.4, -0.2) is 41.3 Å². The minimum Gasteiger partial charge on any atom is -0.325 e. The Labute approximate surface area is 182 Å². The molecule has 1 N–H and O–H groups in total. The largest absolute Gasteiger partial charge is 0.325 e. The van der Waals surface area contributed by atoms with E-state index in [4.69, 9.17) is 0 Å². The van der Waals surface area contributed by atoms with Crippen LogP contribution in [-0.2, 0) is 21.4 Å². The smallest absolute Gasteiger partial charge is 0.263 e. The SMILES string of the molecule is Cc1sc2ncn(CC(=O)Nc3ccc(F)cc3)c(=O)c2c1S(=O)(=O)N1CCCCC1. The van der Waals surface area contributed by atoms with Crippen LogP contribution in [0.2, 0.25) is 0 Å². The maximum Gasteiger partial charge on any atom is 0.263 e. The highest BCUT2D eigenvalue weighted by atomic mass is 32.2. The number of piperidine rings is 1. The molecule has 0 spiro atoms. The molecule has 3 heterocycles. The average Bonchev–Trinajstić information content (AvgIpc) is 3.10. The van der Waals surface area contributed by atoms with Gasteiger partial charge in [0.25, 0.3) is 5.56 Å². The topological polar surface area (TPSA) is 101 Å². The lowest BCUT2D eigenvalue weighted by molar-refractivity contribution is -0.116. The molecule has 1 amide bonds. The van der Waals surface area contributed by atoms with E-state index in [2.05, 4.69) is 10.3 Å². The molecule has 1 saturated heterocycles. The number of thiophene rings is 1. The summed E-state index contributed by atoms with van der Waals surface area (Å²) in [5.41, 5.74) is -0.201. The third-order valence-electron chi connectivity index (χ3n) is 5.15. The number of anilines is 1. The second kappa shape index (κ2) is 8.48.